The number of rotatable bonds is 6. The van der Waals surface area contributed by atoms with Gasteiger partial charge in [-0.15, -0.1) is 23.1 Å². The Morgan fingerprint density at radius 3 is 2.80 bits per heavy atom. The van der Waals surface area contributed by atoms with Crippen LogP contribution in [0, 0.1) is 19.7 Å². The number of carbonyl (C=O) groups excluding carboxylic acids is 1. The zero-order chi connectivity index (χ0) is 21.1. The molecule has 0 atom stereocenters. The number of anilines is 1. The van der Waals surface area contributed by atoms with Gasteiger partial charge >= 0.3 is 0 Å². The molecule has 4 rings (SSSR count). The average Bonchev–Trinajstić information content (AvgIpc) is 3.33. The second-order valence-corrected chi connectivity index (χ2v) is 8.47. The Kier molecular flexibility index (Phi) is 5.96. The summed E-state index contributed by atoms with van der Waals surface area (Å²) >= 11 is 2.86. The zero-order valence-electron chi connectivity index (χ0n) is 16.3. The van der Waals surface area contributed by atoms with Crippen molar-refractivity contribution < 1.29 is 13.7 Å². The lowest BCUT2D eigenvalue weighted by atomic mass is 10.2. The standard InChI is InChI=1S/C22H18FN3O2S2/c1-13-18(14(2)28-26-13)11-29-20-9-4-3-8-17(20)21(27)25-22-24-19(12-30-22)15-6-5-7-16(23)10-15/h3-10,12H,11H2,1-2H3,(H,24,25,27). The van der Waals surface area contributed by atoms with Crippen molar-refractivity contribution in [1.29, 1.82) is 0 Å². The lowest BCUT2D eigenvalue weighted by molar-refractivity contribution is 0.102. The van der Waals surface area contributed by atoms with E-state index in [-0.39, 0.29) is 11.7 Å². The molecule has 0 aliphatic carbocycles. The summed E-state index contributed by atoms with van der Waals surface area (Å²) in [5.74, 6) is 0.883. The Balaban J connectivity index is 1.49. The number of amides is 1. The fourth-order valence-corrected chi connectivity index (χ4v) is 4.83. The lowest BCUT2D eigenvalue weighted by Crippen LogP contribution is -2.12. The number of thioether (sulfide) groups is 1. The van der Waals surface area contributed by atoms with Crippen molar-refractivity contribution in [3.63, 3.8) is 0 Å². The summed E-state index contributed by atoms with van der Waals surface area (Å²) in [5.41, 5.74) is 3.75. The molecule has 4 aromatic rings. The molecule has 0 saturated heterocycles. The molecule has 0 spiro atoms. The van der Waals surface area contributed by atoms with E-state index in [4.69, 9.17) is 4.52 Å². The lowest BCUT2D eigenvalue weighted by Gasteiger charge is -2.08. The number of nitrogens with one attached hydrogen (secondary N) is 1. The molecule has 30 heavy (non-hydrogen) atoms. The highest BCUT2D eigenvalue weighted by Crippen LogP contribution is 2.30. The summed E-state index contributed by atoms with van der Waals surface area (Å²) in [7, 11) is 0. The molecule has 0 aliphatic heterocycles. The van der Waals surface area contributed by atoms with E-state index >= 15 is 0 Å². The average molecular weight is 440 g/mol. The Hall–Kier alpha value is -2.97. The van der Waals surface area contributed by atoms with E-state index in [0.29, 0.717) is 27.7 Å². The van der Waals surface area contributed by atoms with Crippen LogP contribution in [-0.4, -0.2) is 16.0 Å². The Labute approximate surface area is 181 Å². The molecular weight excluding hydrogens is 421 g/mol. The smallest absolute Gasteiger partial charge is 0.258 e. The first-order valence-electron chi connectivity index (χ1n) is 9.17. The van der Waals surface area contributed by atoms with Gasteiger partial charge in [-0.3, -0.25) is 10.1 Å². The van der Waals surface area contributed by atoms with E-state index in [1.165, 1.54) is 23.5 Å². The molecule has 8 heteroatoms. The van der Waals surface area contributed by atoms with Crippen LogP contribution in [0.5, 0.6) is 0 Å². The van der Waals surface area contributed by atoms with Gasteiger partial charge < -0.3 is 4.52 Å². The number of benzene rings is 2. The summed E-state index contributed by atoms with van der Waals surface area (Å²) in [4.78, 5) is 18.2. The van der Waals surface area contributed by atoms with Gasteiger partial charge in [-0.25, -0.2) is 9.37 Å². The summed E-state index contributed by atoms with van der Waals surface area (Å²) < 4.78 is 18.7. The van der Waals surface area contributed by atoms with Crippen LogP contribution < -0.4 is 5.32 Å². The molecule has 2 aromatic carbocycles. The molecule has 2 aromatic heterocycles. The van der Waals surface area contributed by atoms with Crippen LogP contribution in [0.15, 0.2) is 63.3 Å². The van der Waals surface area contributed by atoms with Crippen molar-refractivity contribution >= 4 is 34.1 Å². The number of aromatic nitrogens is 2. The van der Waals surface area contributed by atoms with E-state index in [9.17, 15) is 9.18 Å². The molecular formula is C22H18FN3O2S2. The number of hydrogen-bond donors (Lipinski definition) is 1. The number of thiazole rings is 1. The van der Waals surface area contributed by atoms with Gasteiger partial charge in [-0.05, 0) is 38.1 Å². The summed E-state index contributed by atoms with van der Waals surface area (Å²) in [5, 5.41) is 9.08. The van der Waals surface area contributed by atoms with E-state index in [0.717, 1.165) is 21.9 Å². The van der Waals surface area contributed by atoms with Crippen LogP contribution in [0.4, 0.5) is 9.52 Å². The maximum atomic E-state index is 13.5. The SMILES string of the molecule is Cc1noc(C)c1CSc1ccccc1C(=O)Nc1nc(-c2cccc(F)c2)cs1. The van der Waals surface area contributed by atoms with E-state index in [1.54, 1.807) is 35.3 Å². The summed E-state index contributed by atoms with van der Waals surface area (Å²) in [6, 6.07) is 13.6. The maximum absolute atomic E-state index is 13.5. The summed E-state index contributed by atoms with van der Waals surface area (Å²) in [6.45, 7) is 3.79. The van der Waals surface area contributed by atoms with Crippen LogP contribution in [0.2, 0.25) is 0 Å². The quantitative estimate of drug-likeness (QED) is 0.368. The molecule has 0 saturated carbocycles. The van der Waals surface area contributed by atoms with Crippen LogP contribution in [0.3, 0.4) is 0 Å². The minimum absolute atomic E-state index is 0.239. The monoisotopic (exact) mass is 439 g/mol. The van der Waals surface area contributed by atoms with Gasteiger partial charge in [0, 0.05) is 27.2 Å². The van der Waals surface area contributed by atoms with E-state index < -0.39 is 0 Å². The molecule has 5 nitrogen and oxygen atoms in total. The Morgan fingerprint density at radius 1 is 1.20 bits per heavy atom. The third-order valence-electron chi connectivity index (χ3n) is 4.53. The second-order valence-electron chi connectivity index (χ2n) is 6.59. The Bertz CT molecular complexity index is 1180. The maximum Gasteiger partial charge on any atom is 0.258 e. The minimum atomic E-state index is -0.324. The molecule has 1 amide bonds. The second kappa shape index (κ2) is 8.81. The number of carbonyl (C=O) groups is 1. The molecule has 0 aliphatic rings. The van der Waals surface area contributed by atoms with Crippen molar-refractivity contribution in [2.24, 2.45) is 0 Å². The largest absolute Gasteiger partial charge is 0.361 e. The first-order valence-corrected chi connectivity index (χ1v) is 11.0. The fraction of sp³-hybridized carbons (Fsp3) is 0.136. The number of nitrogens with zero attached hydrogens (tertiary/aromatic N) is 2. The van der Waals surface area contributed by atoms with Crippen LogP contribution >= 0.6 is 23.1 Å². The third-order valence-corrected chi connectivity index (χ3v) is 6.39. The molecule has 152 valence electrons. The number of hydrogen-bond acceptors (Lipinski definition) is 6. The van der Waals surface area contributed by atoms with Crippen LogP contribution in [0.25, 0.3) is 11.3 Å². The van der Waals surface area contributed by atoms with E-state index in [2.05, 4.69) is 15.5 Å². The van der Waals surface area contributed by atoms with Gasteiger partial charge in [0.1, 0.15) is 11.6 Å². The highest BCUT2D eigenvalue weighted by atomic mass is 32.2. The van der Waals surface area contributed by atoms with Gasteiger partial charge in [-0.2, -0.15) is 0 Å². The minimum Gasteiger partial charge on any atom is -0.361 e. The van der Waals surface area contributed by atoms with Crippen molar-refractivity contribution in [2.45, 2.75) is 24.5 Å². The van der Waals surface area contributed by atoms with Crippen molar-refractivity contribution in [3.8, 4) is 11.3 Å². The third kappa shape index (κ3) is 4.44. The molecule has 0 radical (unpaired) electrons. The molecule has 0 bridgehead atoms. The fourth-order valence-electron chi connectivity index (χ4n) is 2.91. The predicted octanol–water partition coefficient (Wildman–Crippen LogP) is 6.10. The van der Waals surface area contributed by atoms with Crippen molar-refractivity contribution in [3.05, 3.63) is 82.3 Å². The summed E-state index contributed by atoms with van der Waals surface area (Å²) in [6.07, 6.45) is 0. The highest BCUT2D eigenvalue weighted by Gasteiger charge is 2.16. The first kappa shape index (κ1) is 20.3. The molecule has 0 fully saturated rings. The number of aryl methyl sites for hydroxylation is 2. The highest BCUT2D eigenvalue weighted by molar-refractivity contribution is 7.98. The van der Waals surface area contributed by atoms with Crippen LogP contribution in [0.1, 0.15) is 27.4 Å². The van der Waals surface area contributed by atoms with E-state index in [1.807, 2.05) is 32.0 Å². The van der Waals surface area contributed by atoms with Gasteiger partial charge in [0.2, 0.25) is 0 Å². The predicted molar refractivity (Wildman–Crippen MR) is 117 cm³/mol. The Morgan fingerprint density at radius 2 is 2.03 bits per heavy atom. The van der Waals surface area contributed by atoms with Gasteiger partial charge in [-0.1, -0.05) is 29.4 Å². The van der Waals surface area contributed by atoms with Crippen molar-refractivity contribution in [2.75, 3.05) is 5.32 Å². The van der Waals surface area contributed by atoms with Gasteiger partial charge in [0.25, 0.3) is 5.91 Å². The van der Waals surface area contributed by atoms with Crippen LogP contribution in [-0.2, 0) is 5.75 Å². The molecule has 2 heterocycles. The van der Waals surface area contributed by atoms with Gasteiger partial charge in [0.15, 0.2) is 5.13 Å². The number of halogens is 1. The van der Waals surface area contributed by atoms with Crippen molar-refractivity contribution in [1.82, 2.24) is 10.1 Å². The first-order chi connectivity index (χ1) is 14.5. The topological polar surface area (TPSA) is 68.0 Å². The van der Waals surface area contributed by atoms with Gasteiger partial charge in [0.05, 0.1) is 17.0 Å². The normalized spacial score (nSPS) is 10.9. The zero-order valence-corrected chi connectivity index (χ0v) is 17.9. The molecule has 0 unspecified atom stereocenters. The molecule has 1 N–H and O–H groups in total.